The van der Waals surface area contributed by atoms with Gasteiger partial charge in [0, 0.05) is 5.02 Å². The minimum atomic E-state index is -0.221. The van der Waals surface area contributed by atoms with Crippen LogP contribution in [-0.4, -0.2) is 0 Å². The number of nitriles is 2. The Kier molecular flexibility index (Phi) is 3.98. The summed E-state index contributed by atoms with van der Waals surface area (Å²) in [5.41, 5.74) is 1.04. The summed E-state index contributed by atoms with van der Waals surface area (Å²) in [5, 5.41) is 17.9. The predicted octanol–water partition coefficient (Wildman–Crippen LogP) is 2.94. The van der Waals surface area contributed by atoms with Gasteiger partial charge in [-0.1, -0.05) is 23.7 Å². The molecule has 0 bridgehead atoms. The highest BCUT2D eigenvalue weighted by Crippen LogP contribution is 2.14. The summed E-state index contributed by atoms with van der Waals surface area (Å²) in [5.74, 6) is -0.221. The van der Waals surface area contributed by atoms with Gasteiger partial charge in [-0.2, -0.15) is 10.5 Å². The van der Waals surface area contributed by atoms with Crippen LogP contribution in [0.15, 0.2) is 24.3 Å². The highest BCUT2D eigenvalue weighted by Gasteiger charge is 2.07. The summed E-state index contributed by atoms with van der Waals surface area (Å²) < 4.78 is 0. The normalized spacial score (nSPS) is 11.4. The van der Waals surface area contributed by atoms with Crippen molar-refractivity contribution in [3.05, 3.63) is 34.9 Å². The molecule has 1 rings (SSSR count). The molecule has 0 heterocycles. The van der Waals surface area contributed by atoms with Crippen LogP contribution in [-0.2, 0) is 6.42 Å². The molecule has 1 aromatic rings. The van der Waals surface area contributed by atoms with E-state index in [4.69, 9.17) is 22.1 Å². The van der Waals surface area contributed by atoms with Crippen molar-refractivity contribution in [3.8, 4) is 12.1 Å². The Balaban J connectivity index is 2.65. The van der Waals surface area contributed by atoms with Crippen LogP contribution in [0.5, 0.6) is 0 Å². The lowest BCUT2D eigenvalue weighted by Gasteiger charge is -2.04. The first-order chi connectivity index (χ1) is 6.76. The minimum absolute atomic E-state index is 0.221. The van der Waals surface area contributed by atoms with Gasteiger partial charge in [0.05, 0.1) is 24.5 Å². The van der Waals surface area contributed by atoms with Crippen molar-refractivity contribution in [2.24, 2.45) is 5.92 Å². The zero-order chi connectivity index (χ0) is 10.4. The summed E-state index contributed by atoms with van der Waals surface area (Å²) in [6.45, 7) is 0. The van der Waals surface area contributed by atoms with Crippen LogP contribution in [0.4, 0.5) is 0 Å². The van der Waals surface area contributed by atoms with Crippen LogP contribution < -0.4 is 0 Å². The number of halogens is 1. The van der Waals surface area contributed by atoms with Crippen LogP contribution in [0.3, 0.4) is 0 Å². The van der Waals surface area contributed by atoms with Crippen molar-refractivity contribution >= 4 is 11.6 Å². The molecule has 0 spiro atoms. The van der Waals surface area contributed by atoms with E-state index in [1.54, 1.807) is 12.1 Å². The Hall–Kier alpha value is -1.51. The fourth-order valence-corrected chi connectivity index (χ4v) is 1.30. The van der Waals surface area contributed by atoms with E-state index in [0.29, 0.717) is 11.4 Å². The van der Waals surface area contributed by atoms with Crippen LogP contribution in [0.25, 0.3) is 0 Å². The fourth-order valence-electron chi connectivity index (χ4n) is 1.18. The fraction of sp³-hybridized carbons (Fsp3) is 0.273. The van der Waals surface area contributed by atoms with Gasteiger partial charge < -0.3 is 0 Å². The molecule has 0 aliphatic heterocycles. The van der Waals surface area contributed by atoms with Crippen LogP contribution in [0.2, 0.25) is 5.02 Å². The van der Waals surface area contributed by atoms with Gasteiger partial charge in [-0.05, 0) is 24.1 Å². The molecule has 0 amide bonds. The van der Waals surface area contributed by atoms with E-state index in [2.05, 4.69) is 6.07 Å². The zero-order valence-electron chi connectivity index (χ0n) is 7.57. The Morgan fingerprint density at radius 2 is 1.86 bits per heavy atom. The molecule has 0 saturated heterocycles. The van der Waals surface area contributed by atoms with Crippen LogP contribution in [0, 0.1) is 28.6 Å². The van der Waals surface area contributed by atoms with Crippen molar-refractivity contribution < 1.29 is 0 Å². The molecule has 0 N–H and O–H groups in total. The maximum atomic E-state index is 8.75. The number of hydrogen-bond donors (Lipinski definition) is 0. The Labute approximate surface area is 88.3 Å². The maximum absolute atomic E-state index is 8.75. The second kappa shape index (κ2) is 5.27. The third kappa shape index (κ3) is 3.09. The lowest BCUT2D eigenvalue weighted by atomic mass is 9.98. The van der Waals surface area contributed by atoms with E-state index in [-0.39, 0.29) is 12.3 Å². The van der Waals surface area contributed by atoms with Gasteiger partial charge >= 0.3 is 0 Å². The standard InChI is InChI=1S/C11H9ClN2/c12-11-3-1-9(2-4-11)7-10(8-14)5-6-13/h1-4,10H,5,7H2. The molecule has 1 aromatic carbocycles. The highest BCUT2D eigenvalue weighted by atomic mass is 35.5. The SMILES string of the molecule is N#CCC(C#N)Cc1ccc(Cl)cc1. The monoisotopic (exact) mass is 204 g/mol. The van der Waals surface area contributed by atoms with Gasteiger partial charge in [0.1, 0.15) is 0 Å². The second-order valence-corrected chi connectivity index (χ2v) is 3.46. The van der Waals surface area contributed by atoms with Crippen molar-refractivity contribution in [2.45, 2.75) is 12.8 Å². The Morgan fingerprint density at radius 3 is 2.36 bits per heavy atom. The van der Waals surface area contributed by atoms with Crippen LogP contribution >= 0.6 is 11.6 Å². The van der Waals surface area contributed by atoms with Gasteiger partial charge in [0.25, 0.3) is 0 Å². The summed E-state index contributed by atoms with van der Waals surface area (Å²) >= 11 is 5.73. The molecular formula is C11H9ClN2. The smallest absolute Gasteiger partial charge is 0.0670 e. The molecule has 14 heavy (non-hydrogen) atoms. The molecule has 1 atom stereocenters. The Bertz CT molecular complexity index is 370. The van der Waals surface area contributed by atoms with Gasteiger partial charge in [0.2, 0.25) is 0 Å². The average Bonchev–Trinajstić information content (AvgIpc) is 2.20. The number of benzene rings is 1. The van der Waals surface area contributed by atoms with Crippen molar-refractivity contribution in [3.63, 3.8) is 0 Å². The first kappa shape index (κ1) is 10.6. The molecular weight excluding hydrogens is 196 g/mol. The quantitative estimate of drug-likeness (QED) is 0.760. The van der Waals surface area contributed by atoms with E-state index in [1.807, 2.05) is 18.2 Å². The van der Waals surface area contributed by atoms with Gasteiger partial charge in [-0.25, -0.2) is 0 Å². The molecule has 0 saturated carbocycles. The molecule has 0 fully saturated rings. The van der Waals surface area contributed by atoms with E-state index < -0.39 is 0 Å². The first-order valence-electron chi connectivity index (χ1n) is 4.27. The Morgan fingerprint density at radius 1 is 1.21 bits per heavy atom. The molecule has 3 heteroatoms. The predicted molar refractivity (Wildman–Crippen MR) is 54.5 cm³/mol. The first-order valence-corrected chi connectivity index (χ1v) is 4.65. The molecule has 2 nitrogen and oxygen atoms in total. The zero-order valence-corrected chi connectivity index (χ0v) is 8.33. The summed E-state index contributed by atoms with van der Waals surface area (Å²) in [6, 6.07) is 11.4. The lowest BCUT2D eigenvalue weighted by molar-refractivity contribution is 0.680. The topological polar surface area (TPSA) is 47.6 Å². The van der Waals surface area contributed by atoms with Gasteiger partial charge in [0.15, 0.2) is 0 Å². The third-order valence-electron chi connectivity index (χ3n) is 1.92. The average molecular weight is 205 g/mol. The molecule has 0 aromatic heterocycles. The highest BCUT2D eigenvalue weighted by molar-refractivity contribution is 6.30. The maximum Gasteiger partial charge on any atom is 0.0670 e. The number of nitrogens with zero attached hydrogens (tertiary/aromatic N) is 2. The third-order valence-corrected chi connectivity index (χ3v) is 2.17. The van der Waals surface area contributed by atoms with Crippen molar-refractivity contribution in [1.29, 1.82) is 10.5 Å². The van der Waals surface area contributed by atoms with Gasteiger partial charge in [-0.15, -0.1) is 0 Å². The van der Waals surface area contributed by atoms with Crippen molar-refractivity contribution in [1.82, 2.24) is 0 Å². The summed E-state index contributed by atoms with van der Waals surface area (Å²) in [4.78, 5) is 0. The molecule has 0 radical (unpaired) electrons. The van der Waals surface area contributed by atoms with E-state index in [9.17, 15) is 0 Å². The van der Waals surface area contributed by atoms with E-state index in [1.165, 1.54) is 0 Å². The number of rotatable bonds is 3. The summed E-state index contributed by atoms with van der Waals surface area (Å²) in [7, 11) is 0. The van der Waals surface area contributed by atoms with Crippen molar-refractivity contribution in [2.75, 3.05) is 0 Å². The minimum Gasteiger partial charge on any atom is -0.198 e. The number of hydrogen-bond acceptors (Lipinski definition) is 2. The largest absolute Gasteiger partial charge is 0.198 e. The second-order valence-electron chi connectivity index (χ2n) is 3.02. The molecule has 70 valence electrons. The van der Waals surface area contributed by atoms with Crippen LogP contribution in [0.1, 0.15) is 12.0 Å². The molecule has 1 unspecified atom stereocenters. The lowest BCUT2D eigenvalue weighted by Crippen LogP contribution is -2.00. The van der Waals surface area contributed by atoms with E-state index in [0.717, 1.165) is 5.56 Å². The van der Waals surface area contributed by atoms with Gasteiger partial charge in [-0.3, -0.25) is 0 Å². The summed E-state index contributed by atoms with van der Waals surface area (Å²) in [6.07, 6.45) is 0.889. The molecule has 0 aliphatic carbocycles. The molecule has 0 aliphatic rings. The van der Waals surface area contributed by atoms with E-state index >= 15 is 0 Å².